The summed E-state index contributed by atoms with van der Waals surface area (Å²) in [5, 5.41) is 4.46. The normalized spacial score (nSPS) is 27.6. The van der Waals surface area contributed by atoms with Gasteiger partial charge in [-0.2, -0.15) is 0 Å². The summed E-state index contributed by atoms with van der Waals surface area (Å²) in [6.07, 6.45) is 5.81. The first-order valence-corrected chi connectivity index (χ1v) is 8.89. The van der Waals surface area contributed by atoms with E-state index in [1.54, 1.807) is 11.3 Å². The van der Waals surface area contributed by atoms with Crippen LogP contribution in [0.1, 0.15) is 56.0 Å². The summed E-state index contributed by atoms with van der Waals surface area (Å²) in [6, 6.07) is 0. The molecule has 0 radical (unpaired) electrons. The Kier molecular flexibility index (Phi) is 4.48. The summed E-state index contributed by atoms with van der Waals surface area (Å²) in [4.78, 5) is 17.9. The second kappa shape index (κ2) is 6.34. The lowest BCUT2D eigenvalue weighted by atomic mass is 10.1. The van der Waals surface area contributed by atoms with Crippen LogP contribution < -0.4 is 5.32 Å². The minimum absolute atomic E-state index is 0.113. The lowest BCUT2D eigenvalue weighted by Gasteiger charge is -2.10. The van der Waals surface area contributed by atoms with Gasteiger partial charge in [-0.15, -0.1) is 11.3 Å². The van der Waals surface area contributed by atoms with Crippen molar-refractivity contribution < 1.29 is 9.53 Å². The molecule has 0 aromatic carbocycles. The zero-order valence-electron chi connectivity index (χ0n) is 12.9. The van der Waals surface area contributed by atoms with Crippen molar-refractivity contribution in [2.75, 3.05) is 18.5 Å². The number of hydrogen-bond donors (Lipinski definition) is 1. The summed E-state index contributed by atoms with van der Waals surface area (Å²) in [5.41, 5.74) is 0.959. The Morgan fingerprint density at radius 3 is 3.00 bits per heavy atom. The van der Waals surface area contributed by atoms with Crippen LogP contribution in [-0.4, -0.2) is 24.1 Å². The SMILES string of the molecule is CCOC(=O)C1CCc2sc(NCC3CCC(C)C3)nc21. The van der Waals surface area contributed by atoms with Gasteiger partial charge in [-0.3, -0.25) is 4.79 Å². The number of nitrogens with one attached hydrogen (secondary N) is 1. The van der Waals surface area contributed by atoms with Crippen LogP contribution >= 0.6 is 11.3 Å². The smallest absolute Gasteiger partial charge is 0.315 e. The Morgan fingerprint density at radius 1 is 1.43 bits per heavy atom. The first-order valence-electron chi connectivity index (χ1n) is 8.07. The van der Waals surface area contributed by atoms with E-state index in [1.807, 2.05) is 6.92 Å². The van der Waals surface area contributed by atoms with Crippen molar-refractivity contribution in [2.45, 2.75) is 51.9 Å². The fourth-order valence-electron chi connectivity index (χ4n) is 3.52. The number of anilines is 1. The molecular formula is C16H24N2O2S. The predicted molar refractivity (Wildman–Crippen MR) is 84.8 cm³/mol. The maximum absolute atomic E-state index is 11.9. The van der Waals surface area contributed by atoms with E-state index >= 15 is 0 Å². The molecule has 0 amide bonds. The Hall–Kier alpha value is -1.10. The molecule has 21 heavy (non-hydrogen) atoms. The number of ether oxygens (including phenoxy) is 1. The van der Waals surface area contributed by atoms with Gasteiger partial charge in [-0.05, 0) is 44.4 Å². The van der Waals surface area contributed by atoms with Crippen LogP contribution in [0.2, 0.25) is 0 Å². The summed E-state index contributed by atoms with van der Waals surface area (Å²) in [7, 11) is 0. The summed E-state index contributed by atoms with van der Waals surface area (Å²) >= 11 is 1.72. The Labute approximate surface area is 130 Å². The molecule has 4 nitrogen and oxygen atoms in total. The first-order chi connectivity index (χ1) is 10.2. The first kappa shape index (κ1) is 14.8. The number of carbonyl (C=O) groups excluding carboxylic acids is 1. The fraction of sp³-hybridized carbons (Fsp3) is 0.750. The molecule has 2 aliphatic carbocycles. The molecule has 1 aromatic heterocycles. The molecule has 2 aliphatic rings. The molecule has 3 rings (SSSR count). The van der Waals surface area contributed by atoms with E-state index < -0.39 is 0 Å². The van der Waals surface area contributed by atoms with Crippen molar-refractivity contribution in [3.05, 3.63) is 10.6 Å². The molecule has 1 fully saturated rings. The van der Waals surface area contributed by atoms with Crippen molar-refractivity contribution >= 4 is 22.4 Å². The lowest BCUT2D eigenvalue weighted by Crippen LogP contribution is -2.15. The highest BCUT2D eigenvalue weighted by Crippen LogP contribution is 2.39. The van der Waals surface area contributed by atoms with E-state index in [9.17, 15) is 4.79 Å². The Bertz CT molecular complexity index is 514. The molecular weight excluding hydrogens is 284 g/mol. The van der Waals surface area contributed by atoms with Crippen molar-refractivity contribution in [1.29, 1.82) is 0 Å². The quantitative estimate of drug-likeness (QED) is 0.845. The third-order valence-electron chi connectivity index (χ3n) is 4.63. The molecule has 1 saturated carbocycles. The van der Waals surface area contributed by atoms with Gasteiger partial charge in [0.1, 0.15) is 5.92 Å². The third kappa shape index (κ3) is 3.23. The second-order valence-electron chi connectivity index (χ2n) is 6.34. The molecule has 116 valence electrons. The van der Waals surface area contributed by atoms with E-state index in [-0.39, 0.29) is 11.9 Å². The van der Waals surface area contributed by atoms with Gasteiger partial charge in [0.05, 0.1) is 12.3 Å². The number of hydrogen-bond acceptors (Lipinski definition) is 5. The average molecular weight is 308 g/mol. The monoisotopic (exact) mass is 308 g/mol. The molecule has 1 heterocycles. The maximum Gasteiger partial charge on any atom is 0.315 e. The number of nitrogens with zero attached hydrogens (tertiary/aromatic N) is 1. The maximum atomic E-state index is 11.9. The molecule has 0 bridgehead atoms. The molecule has 0 saturated heterocycles. The molecule has 5 heteroatoms. The van der Waals surface area contributed by atoms with Crippen molar-refractivity contribution in [3.8, 4) is 0 Å². The minimum atomic E-state index is -0.141. The minimum Gasteiger partial charge on any atom is -0.465 e. The number of esters is 1. The third-order valence-corrected chi connectivity index (χ3v) is 5.72. The number of rotatable bonds is 5. The predicted octanol–water partition coefficient (Wildman–Crippen LogP) is 3.58. The summed E-state index contributed by atoms with van der Waals surface area (Å²) < 4.78 is 5.15. The number of carbonyl (C=O) groups is 1. The van der Waals surface area contributed by atoms with E-state index in [0.717, 1.165) is 42.0 Å². The summed E-state index contributed by atoms with van der Waals surface area (Å²) in [6.45, 7) is 5.65. The van der Waals surface area contributed by atoms with Gasteiger partial charge in [0.2, 0.25) is 0 Å². The highest BCUT2D eigenvalue weighted by Gasteiger charge is 2.33. The van der Waals surface area contributed by atoms with Crippen LogP contribution in [0.4, 0.5) is 5.13 Å². The zero-order chi connectivity index (χ0) is 14.8. The van der Waals surface area contributed by atoms with E-state index in [0.29, 0.717) is 6.61 Å². The van der Waals surface area contributed by atoms with E-state index in [1.165, 1.54) is 24.1 Å². The number of aryl methyl sites for hydroxylation is 1. The number of fused-ring (bicyclic) bond motifs is 1. The van der Waals surface area contributed by atoms with Crippen LogP contribution in [0.3, 0.4) is 0 Å². The van der Waals surface area contributed by atoms with Crippen molar-refractivity contribution in [1.82, 2.24) is 4.98 Å². The fourth-order valence-corrected chi connectivity index (χ4v) is 4.56. The van der Waals surface area contributed by atoms with Crippen LogP contribution in [0, 0.1) is 11.8 Å². The van der Waals surface area contributed by atoms with Crippen molar-refractivity contribution in [2.24, 2.45) is 11.8 Å². The second-order valence-corrected chi connectivity index (χ2v) is 7.42. The van der Waals surface area contributed by atoms with Gasteiger partial charge < -0.3 is 10.1 Å². The topological polar surface area (TPSA) is 51.2 Å². The molecule has 3 atom stereocenters. The van der Waals surface area contributed by atoms with Crippen LogP contribution in [-0.2, 0) is 16.0 Å². The van der Waals surface area contributed by atoms with Gasteiger partial charge in [-0.25, -0.2) is 4.98 Å². The van der Waals surface area contributed by atoms with E-state index in [2.05, 4.69) is 17.2 Å². The molecule has 1 N–H and O–H groups in total. The molecule has 3 unspecified atom stereocenters. The average Bonchev–Trinajstić information content (AvgIpc) is 3.11. The number of thiazole rings is 1. The van der Waals surface area contributed by atoms with Crippen molar-refractivity contribution in [3.63, 3.8) is 0 Å². The van der Waals surface area contributed by atoms with Gasteiger partial charge in [-0.1, -0.05) is 13.3 Å². The molecule has 0 spiro atoms. The highest BCUT2D eigenvalue weighted by atomic mass is 32.1. The van der Waals surface area contributed by atoms with Gasteiger partial charge >= 0.3 is 5.97 Å². The lowest BCUT2D eigenvalue weighted by molar-refractivity contribution is -0.145. The molecule has 1 aromatic rings. The van der Waals surface area contributed by atoms with E-state index in [4.69, 9.17) is 4.74 Å². The molecule has 0 aliphatic heterocycles. The number of aromatic nitrogens is 1. The Balaban J connectivity index is 1.59. The zero-order valence-corrected chi connectivity index (χ0v) is 13.7. The standard InChI is InChI=1S/C16H24N2O2S/c1-3-20-15(19)12-6-7-13-14(12)18-16(21-13)17-9-11-5-4-10(2)8-11/h10-12H,3-9H2,1-2H3,(H,17,18). The van der Waals surface area contributed by atoms with Gasteiger partial charge in [0, 0.05) is 11.4 Å². The summed E-state index contributed by atoms with van der Waals surface area (Å²) in [5.74, 6) is 1.39. The Morgan fingerprint density at radius 2 is 2.29 bits per heavy atom. The largest absolute Gasteiger partial charge is 0.465 e. The van der Waals surface area contributed by atoms with Crippen LogP contribution in [0.25, 0.3) is 0 Å². The van der Waals surface area contributed by atoms with Gasteiger partial charge in [0.15, 0.2) is 5.13 Å². The van der Waals surface area contributed by atoms with Crippen LogP contribution in [0.15, 0.2) is 0 Å². The highest BCUT2D eigenvalue weighted by molar-refractivity contribution is 7.15. The van der Waals surface area contributed by atoms with Crippen LogP contribution in [0.5, 0.6) is 0 Å². The van der Waals surface area contributed by atoms with Gasteiger partial charge in [0.25, 0.3) is 0 Å².